The van der Waals surface area contributed by atoms with E-state index in [2.05, 4.69) is 81.4 Å². The fourth-order valence-electron chi connectivity index (χ4n) is 10.1. The summed E-state index contributed by atoms with van der Waals surface area (Å²) < 4.78 is 41.9. The lowest BCUT2D eigenvalue weighted by Gasteiger charge is -2.23. The minimum absolute atomic E-state index is 0.252. The number of carbonyl (C=O) groups excluding carboxylic acids is 2. The van der Waals surface area contributed by atoms with E-state index in [4.69, 9.17) is 64.6 Å². The Morgan fingerprint density at radius 3 is 1.34 bits per heavy atom. The summed E-state index contributed by atoms with van der Waals surface area (Å²) in [4.78, 5) is 59.3. The molecule has 0 atom stereocenters. The second kappa shape index (κ2) is 26.7. The molecule has 3 aliphatic rings. The standard InChI is InChI=1S/C24H24BN5O3S.C20H15BN4O3S.C16H17BN4O2S/c1-2-3-10-26-12-17-6-9-19-20(11-17)32-25(33-24(19)31)18-7-4-16(5-8-18)13-30-15-29-21-22(30)27-14-28-23(21)34;1-12-2-7-15-16(8-12)27-21(28-20(15)26)14-5-3-13(4-6-14)9-25-11-24-17-18(25)22-10-23-19(17)29;24-16-14-15(18-10-19-16)21(11-20-14)9-12-3-5-13(6-4-12)17-22-7-1-2-8-23-17/h4-9,11,14-15,26H,2-3,10,12-13H2,1H3,(H,27,28,34);2-8,10-11H,9H2,1H3,(H,22,23,29);3-6,10-11H,1-2,7-9H2,(H,18,19,24). The molecule has 21 nitrogen and oxygen atoms in total. The number of hydrogen-bond acceptors (Lipinski definition) is 18. The number of nitrogens with one attached hydrogen (secondary N) is 4. The minimum Gasteiger partial charge on any atom is -0.521 e. The van der Waals surface area contributed by atoms with Crippen molar-refractivity contribution in [2.24, 2.45) is 0 Å². The van der Waals surface area contributed by atoms with Gasteiger partial charge in [0.25, 0.3) is 0 Å². The van der Waals surface area contributed by atoms with E-state index in [9.17, 15) is 9.59 Å². The normalized spacial score (nSPS) is 13.7. The van der Waals surface area contributed by atoms with Crippen LogP contribution in [-0.2, 0) is 44.8 Å². The van der Waals surface area contributed by atoms with Crippen LogP contribution in [0.25, 0.3) is 33.5 Å². The van der Waals surface area contributed by atoms with Crippen molar-refractivity contribution in [1.82, 2.24) is 63.9 Å². The highest BCUT2D eigenvalue weighted by Crippen LogP contribution is 2.28. The van der Waals surface area contributed by atoms with Gasteiger partial charge in [-0.15, -0.1) is 0 Å². The summed E-state index contributed by atoms with van der Waals surface area (Å²) >= 11 is 15.6. The third kappa shape index (κ3) is 13.5. The van der Waals surface area contributed by atoms with E-state index in [0.29, 0.717) is 67.2 Å². The number of carbonyl (C=O) groups is 2. The van der Waals surface area contributed by atoms with Gasteiger partial charge in [0, 0.05) is 30.7 Å². The molecule has 4 N–H and O–H groups in total. The molecule has 5 aromatic carbocycles. The third-order valence-electron chi connectivity index (χ3n) is 14.7. The smallest absolute Gasteiger partial charge is 0.521 e. The summed E-state index contributed by atoms with van der Waals surface area (Å²) in [5, 5.41) is 3.41. The van der Waals surface area contributed by atoms with E-state index in [-0.39, 0.29) is 19.1 Å². The molecule has 1 saturated heterocycles. The maximum atomic E-state index is 12.6. The van der Waals surface area contributed by atoms with Gasteiger partial charge < -0.3 is 61.9 Å². The van der Waals surface area contributed by atoms with Crippen molar-refractivity contribution in [3.05, 3.63) is 200 Å². The van der Waals surface area contributed by atoms with E-state index < -0.39 is 14.2 Å². The van der Waals surface area contributed by atoms with Crippen LogP contribution in [0.3, 0.4) is 0 Å². The highest BCUT2D eigenvalue weighted by atomic mass is 32.1. The lowest BCUT2D eigenvalue weighted by atomic mass is 9.77. The molecule has 0 amide bonds. The number of imidazole rings is 3. The van der Waals surface area contributed by atoms with Gasteiger partial charge in [-0.25, -0.2) is 39.5 Å². The first-order chi connectivity index (χ1) is 42.5. The number of rotatable bonds is 14. The van der Waals surface area contributed by atoms with Crippen LogP contribution in [0.5, 0.6) is 11.5 Å². The summed E-state index contributed by atoms with van der Waals surface area (Å²) in [5.41, 5.74) is 13.5. The molecule has 1 fully saturated rings. The van der Waals surface area contributed by atoms with Gasteiger partial charge in [-0.2, -0.15) is 0 Å². The van der Waals surface area contributed by atoms with Gasteiger partial charge in [0.05, 0.1) is 68.7 Å². The molecule has 11 aromatic rings. The Bertz CT molecular complexity index is 4460. The quantitative estimate of drug-likeness (QED) is 0.0455. The molecule has 0 spiro atoms. The monoisotopic (exact) mass is 1220 g/mol. The number of benzene rings is 5. The lowest BCUT2D eigenvalue weighted by molar-refractivity contribution is 0.0676. The van der Waals surface area contributed by atoms with Gasteiger partial charge >= 0.3 is 33.3 Å². The Morgan fingerprint density at radius 1 is 0.506 bits per heavy atom. The topological polar surface area (TPSA) is 241 Å². The summed E-state index contributed by atoms with van der Waals surface area (Å²) in [6.07, 6.45) is 14.4. The van der Waals surface area contributed by atoms with Crippen molar-refractivity contribution in [2.75, 3.05) is 19.8 Å². The molecule has 436 valence electrons. The Labute approximate surface area is 515 Å². The first kappa shape index (κ1) is 58.4. The number of aromatic amines is 3. The van der Waals surface area contributed by atoms with Crippen LogP contribution in [-0.4, -0.2) is 112 Å². The van der Waals surface area contributed by atoms with Crippen LogP contribution >= 0.6 is 36.7 Å². The minimum atomic E-state index is -0.784. The average Bonchev–Trinajstić information content (AvgIpc) is 2.83. The number of fused-ring (bicyclic) bond motifs is 5. The maximum Gasteiger partial charge on any atom is 0.634 e. The van der Waals surface area contributed by atoms with E-state index in [1.54, 1.807) is 50.1 Å². The van der Waals surface area contributed by atoms with Crippen molar-refractivity contribution in [1.29, 1.82) is 0 Å². The van der Waals surface area contributed by atoms with Gasteiger partial charge in [0.15, 0.2) is 13.9 Å². The van der Waals surface area contributed by atoms with Gasteiger partial charge in [0.2, 0.25) is 0 Å². The molecule has 0 radical (unpaired) electrons. The van der Waals surface area contributed by atoms with E-state index in [1.165, 1.54) is 5.56 Å². The highest BCUT2D eigenvalue weighted by Gasteiger charge is 2.37. The van der Waals surface area contributed by atoms with Gasteiger partial charge in [-0.3, -0.25) is 0 Å². The SMILES string of the molecule is CCCCNCc1ccc2c(c1)OB(c1ccc(Cn3cnc4c(=S)nc[nH]c43)cc1)OC2=O.Cc1ccc2c(c1)OB(c1ccc(Cn3cnc4c(=S)nc[nH]c43)cc1)OC2=O.S=c1nc[nH]c2c1ncn2Cc1ccc(B2OCCCCO2)cc1. The third-order valence-corrected chi connectivity index (χ3v) is 15.6. The van der Waals surface area contributed by atoms with Crippen LogP contribution in [0.2, 0.25) is 0 Å². The number of aryl methyl sites for hydroxylation is 1. The Hall–Kier alpha value is -8.98. The zero-order chi connectivity index (χ0) is 59.8. The van der Waals surface area contributed by atoms with Crippen molar-refractivity contribution >= 4 is 120 Å². The fraction of sp³-hybridized carbons (Fsp3) is 0.217. The molecule has 6 aromatic heterocycles. The number of hydrogen-bond donors (Lipinski definition) is 4. The van der Waals surface area contributed by atoms with Gasteiger partial charge in [-0.1, -0.05) is 135 Å². The van der Waals surface area contributed by atoms with Crippen molar-refractivity contribution in [3.63, 3.8) is 0 Å². The fourth-order valence-corrected chi connectivity index (χ4v) is 10.7. The van der Waals surface area contributed by atoms with Crippen LogP contribution in [0.4, 0.5) is 0 Å². The van der Waals surface area contributed by atoms with Crippen LogP contribution < -0.4 is 31.0 Å². The first-order valence-corrected chi connectivity index (χ1v) is 29.6. The van der Waals surface area contributed by atoms with E-state index in [1.807, 2.05) is 93.4 Å². The number of unbranched alkanes of at least 4 members (excludes halogenated alkanes) is 1. The molecule has 9 heterocycles. The number of H-pyrrole nitrogens is 3. The highest BCUT2D eigenvalue weighted by molar-refractivity contribution is 7.72. The average molecular weight is 1220 g/mol. The lowest BCUT2D eigenvalue weighted by Crippen LogP contribution is -2.44. The number of aromatic nitrogens is 12. The summed E-state index contributed by atoms with van der Waals surface area (Å²) in [5.74, 6) is 0.335. The first-order valence-electron chi connectivity index (χ1n) is 28.4. The molecule has 0 bridgehead atoms. The molecule has 0 unspecified atom stereocenters. The molecular formula is C60H56B3N13O8S3. The van der Waals surface area contributed by atoms with E-state index in [0.717, 1.165) is 113 Å². The summed E-state index contributed by atoms with van der Waals surface area (Å²) in [6, 6.07) is 34.9. The van der Waals surface area contributed by atoms with Gasteiger partial charge in [-0.05, 0) is 90.3 Å². The summed E-state index contributed by atoms with van der Waals surface area (Å²) in [6.45, 7) is 9.24. The zero-order valence-electron chi connectivity index (χ0n) is 47.4. The molecule has 0 aliphatic carbocycles. The second-order valence-corrected chi connectivity index (χ2v) is 22.1. The van der Waals surface area contributed by atoms with Crippen molar-refractivity contribution in [2.45, 2.75) is 65.7 Å². The number of nitrogens with zero attached hydrogens (tertiary/aromatic N) is 9. The summed E-state index contributed by atoms with van der Waals surface area (Å²) in [7, 11) is -1.80. The van der Waals surface area contributed by atoms with Crippen LogP contribution in [0, 0.1) is 20.8 Å². The zero-order valence-corrected chi connectivity index (χ0v) is 49.8. The van der Waals surface area contributed by atoms with Crippen molar-refractivity contribution in [3.8, 4) is 11.5 Å². The maximum absolute atomic E-state index is 12.6. The molecule has 3 aliphatic heterocycles. The van der Waals surface area contributed by atoms with Crippen LogP contribution in [0.15, 0.2) is 147 Å². The molecule has 0 saturated carbocycles. The second-order valence-electron chi connectivity index (χ2n) is 20.9. The van der Waals surface area contributed by atoms with Crippen molar-refractivity contribution < 1.29 is 37.5 Å². The Balaban J connectivity index is 0.000000129. The van der Waals surface area contributed by atoms with E-state index >= 15 is 0 Å². The molecule has 87 heavy (non-hydrogen) atoms. The Morgan fingerprint density at radius 2 is 0.908 bits per heavy atom. The molecule has 27 heteroatoms. The largest absolute Gasteiger partial charge is 0.634 e. The van der Waals surface area contributed by atoms with Crippen LogP contribution in [0.1, 0.15) is 81.1 Å². The Kier molecular flexibility index (Phi) is 18.0. The molecular weight excluding hydrogens is 1160 g/mol. The predicted octanol–water partition coefficient (Wildman–Crippen LogP) is 8.22. The van der Waals surface area contributed by atoms with Gasteiger partial charge in [0.1, 0.15) is 45.0 Å². The molecule has 14 rings (SSSR count). The predicted molar refractivity (Wildman–Crippen MR) is 338 cm³/mol.